The van der Waals surface area contributed by atoms with Crippen LogP contribution in [0.5, 0.6) is 0 Å². The molecule has 1 saturated heterocycles. The number of ether oxygens (including phenoxy) is 1. The quantitative estimate of drug-likeness (QED) is 0.246. The van der Waals surface area contributed by atoms with Crippen molar-refractivity contribution in [1.82, 2.24) is 19.9 Å². The van der Waals surface area contributed by atoms with Gasteiger partial charge in [-0.1, -0.05) is 23.7 Å². The van der Waals surface area contributed by atoms with Gasteiger partial charge in [0, 0.05) is 29.2 Å². The number of aromatic nitrogens is 3. The highest BCUT2D eigenvalue weighted by molar-refractivity contribution is 6.31. The largest absolute Gasteiger partial charge is 0.378 e. The fourth-order valence-electron chi connectivity index (χ4n) is 5.07. The van der Waals surface area contributed by atoms with Gasteiger partial charge in [0.25, 0.3) is 0 Å². The molecule has 5 rings (SSSR count). The van der Waals surface area contributed by atoms with Crippen LogP contribution in [0, 0.1) is 5.82 Å². The Morgan fingerprint density at radius 1 is 1.23 bits per heavy atom. The first-order valence-corrected chi connectivity index (χ1v) is 13.7. The molecule has 0 aliphatic carbocycles. The van der Waals surface area contributed by atoms with E-state index in [2.05, 4.69) is 15.3 Å². The van der Waals surface area contributed by atoms with Gasteiger partial charge in [0.1, 0.15) is 5.65 Å². The highest BCUT2D eigenvalue weighted by Crippen LogP contribution is 2.31. The highest BCUT2D eigenvalue weighted by Gasteiger charge is 2.22. The summed E-state index contributed by atoms with van der Waals surface area (Å²) in [4.78, 5) is 20.2. The fraction of sp³-hybridized carbons (Fsp3) is 0.379. The van der Waals surface area contributed by atoms with Gasteiger partial charge in [-0.2, -0.15) is 4.98 Å². The molecule has 6 N–H and O–H groups in total. The van der Waals surface area contributed by atoms with E-state index in [0.29, 0.717) is 47.7 Å². The lowest BCUT2D eigenvalue weighted by atomic mass is 10.0. The van der Waals surface area contributed by atoms with E-state index in [0.717, 1.165) is 36.8 Å². The number of hydrogen-bond donors (Lipinski definition) is 4. The van der Waals surface area contributed by atoms with Gasteiger partial charge in [0.2, 0.25) is 0 Å². The smallest absolute Gasteiger partial charge is 0.354 e. The third-order valence-electron chi connectivity index (χ3n) is 7.14. The van der Waals surface area contributed by atoms with Crippen molar-refractivity contribution < 1.29 is 9.13 Å². The Morgan fingerprint density at radius 2 is 2.03 bits per heavy atom. The third kappa shape index (κ3) is 6.23. The highest BCUT2D eigenvalue weighted by atomic mass is 35.5. The lowest BCUT2D eigenvalue weighted by Crippen LogP contribution is -2.44. The van der Waals surface area contributed by atoms with E-state index in [9.17, 15) is 4.79 Å². The van der Waals surface area contributed by atoms with Crippen LogP contribution in [0.15, 0.2) is 53.5 Å². The predicted molar refractivity (Wildman–Crippen MR) is 153 cm³/mol. The molecule has 3 atom stereocenters. The average Bonchev–Trinajstić information content (AvgIpc) is 3.33. The number of nitrogens with zero attached hydrogens (tertiary/aromatic N) is 2. The number of fused-ring (bicyclic) bond motifs is 1. The van der Waals surface area contributed by atoms with E-state index in [1.807, 2.05) is 31.2 Å². The van der Waals surface area contributed by atoms with Crippen LogP contribution in [-0.2, 0) is 11.2 Å². The molecular weight excluding hydrogens is 519 g/mol. The van der Waals surface area contributed by atoms with Crippen molar-refractivity contribution in [2.45, 2.75) is 50.7 Å². The van der Waals surface area contributed by atoms with Gasteiger partial charge in [0.05, 0.1) is 35.7 Å². The van der Waals surface area contributed by atoms with Gasteiger partial charge < -0.3 is 26.5 Å². The van der Waals surface area contributed by atoms with Crippen LogP contribution < -0.4 is 22.5 Å². The van der Waals surface area contributed by atoms with Gasteiger partial charge >= 0.3 is 5.69 Å². The zero-order chi connectivity index (χ0) is 27.5. The Kier molecular flexibility index (Phi) is 8.44. The second-order valence-electron chi connectivity index (χ2n) is 10.3. The van der Waals surface area contributed by atoms with E-state index >= 15 is 4.39 Å². The van der Waals surface area contributed by atoms with Crippen molar-refractivity contribution in [3.8, 4) is 16.9 Å². The van der Waals surface area contributed by atoms with Crippen LogP contribution in [0.2, 0.25) is 5.02 Å². The average molecular weight is 553 g/mol. The molecule has 10 heteroatoms. The first kappa shape index (κ1) is 27.5. The maximum absolute atomic E-state index is 15.0. The molecule has 2 aromatic heterocycles. The molecule has 0 saturated carbocycles. The summed E-state index contributed by atoms with van der Waals surface area (Å²) in [5.74, 6) is -0.515. The summed E-state index contributed by atoms with van der Waals surface area (Å²) in [6.07, 6.45) is 5.05. The Balaban J connectivity index is 1.41. The maximum Gasteiger partial charge on any atom is 0.354 e. The molecule has 0 bridgehead atoms. The summed E-state index contributed by atoms with van der Waals surface area (Å²) >= 11 is 6.23. The first-order valence-electron chi connectivity index (χ1n) is 13.3. The molecule has 206 valence electrons. The number of H-pyrrole nitrogens is 1. The normalized spacial score (nSPS) is 18.5. The molecule has 0 radical (unpaired) electrons. The number of nitrogens with two attached hydrogens (primary N) is 2. The molecule has 1 aliphatic heterocycles. The van der Waals surface area contributed by atoms with E-state index in [1.165, 1.54) is 4.57 Å². The number of benzene rings is 2. The molecule has 0 unspecified atom stereocenters. The molecule has 0 amide bonds. The fourth-order valence-corrected chi connectivity index (χ4v) is 5.32. The zero-order valence-corrected chi connectivity index (χ0v) is 22.7. The summed E-state index contributed by atoms with van der Waals surface area (Å²) < 4.78 is 22.3. The molecule has 0 spiro atoms. The van der Waals surface area contributed by atoms with Crippen LogP contribution in [-0.4, -0.2) is 46.4 Å². The van der Waals surface area contributed by atoms with E-state index < -0.39 is 11.5 Å². The lowest BCUT2D eigenvalue weighted by Gasteiger charge is -2.31. The molecule has 1 aliphatic rings. The topological polar surface area (TPSA) is 124 Å². The zero-order valence-electron chi connectivity index (χ0n) is 21.9. The Morgan fingerprint density at radius 3 is 2.77 bits per heavy atom. The van der Waals surface area contributed by atoms with Crippen LogP contribution in [0.1, 0.15) is 43.4 Å². The summed E-state index contributed by atoms with van der Waals surface area (Å²) in [6.45, 7) is 3.80. The van der Waals surface area contributed by atoms with Gasteiger partial charge in [-0.25, -0.2) is 9.18 Å². The third-order valence-corrected chi connectivity index (χ3v) is 7.42. The molecule has 1 fully saturated rings. The number of hydrogen-bond acceptors (Lipinski definition) is 6. The SMILES string of the molecule is C[C@H](N)CCCc1cc(Cl)c(F)c(-c2cc3cn(-c4ccc([C@@H]5COC[C@H](CCN)N5)cc4)c(=O)nc3[nH]2)c1. The van der Waals surface area contributed by atoms with Crippen molar-refractivity contribution in [3.63, 3.8) is 0 Å². The van der Waals surface area contributed by atoms with Gasteiger partial charge in [-0.05, 0) is 80.6 Å². The van der Waals surface area contributed by atoms with Crippen molar-refractivity contribution in [1.29, 1.82) is 0 Å². The minimum Gasteiger partial charge on any atom is -0.378 e. The van der Waals surface area contributed by atoms with E-state index in [-0.39, 0.29) is 23.1 Å². The number of morpholine rings is 1. The number of rotatable bonds is 9. The van der Waals surface area contributed by atoms with Crippen molar-refractivity contribution in [2.75, 3.05) is 19.8 Å². The van der Waals surface area contributed by atoms with Crippen LogP contribution in [0.25, 0.3) is 28.0 Å². The predicted octanol–water partition coefficient (Wildman–Crippen LogP) is 4.22. The molecule has 2 aromatic carbocycles. The summed E-state index contributed by atoms with van der Waals surface area (Å²) in [5.41, 5.74) is 15.0. The van der Waals surface area contributed by atoms with Gasteiger partial charge in [-0.3, -0.25) is 4.57 Å². The Hall–Kier alpha value is -3.08. The monoisotopic (exact) mass is 552 g/mol. The van der Waals surface area contributed by atoms with Gasteiger partial charge in [0.15, 0.2) is 5.82 Å². The summed E-state index contributed by atoms with van der Waals surface area (Å²) in [6, 6.07) is 13.4. The lowest BCUT2D eigenvalue weighted by molar-refractivity contribution is 0.0434. The second-order valence-corrected chi connectivity index (χ2v) is 10.7. The van der Waals surface area contributed by atoms with E-state index in [1.54, 1.807) is 24.4 Å². The van der Waals surface area contributed by atoms with Crippen molar-refractivity contribution in [3.05, 3.63) is 81.1 Å². The first-order chi connectivity index (χ1) is 18.8. The second kappa shape index (κ2) is 12.0. The van der Waals surface area contributed by atoms with Crippen molar-refractivity contribution in [2.24, 2.45) is 11.5 Å². The van der Waals surface area contributed by atoms with E-state index in [4.69, 9.17) is 27.8 Å². The molecule has 4 aromatic rings. The molecule has 8 nitrogen and oxygen atoms in total. The minimum absolute atomic E-state index is 0.0572. The Labute approximate surface area is 231 Å². The maximum atomic E-state index is 15.0. The number of aromatic amines is 1. The molecule has 3 heterocycles. The van der Waals surface area contributed by atoms with Gasteiger partial charge in [-0.15, -0.1) is 0 Å². The Bertz CT molecular complexity index is 1500. The van der Waals surface area contributed by atoms with Crippen LogP contribution in [0.4, 0.5) is 4.39 Å². The minimum atomic E-state index is -0.515. The molecular formula is C29H34ClFN6O2. The number of aryl methyl sites for hydroxylation is 1. The number of halogens is 2. The summed E-state index contributed by atoms with van der Waals surface area (Å²) in [5, 5.41) is 4.31. The number of nitrogens with one attached hydrogen (secondary N) is 2. The summed E-state index contributed by atoms with van der Waals surface area (Å²) in [7, 11) is 0. The van der Waals surface area contributed by atoms with Crippen LogP contribution in [0.3, 0.4) is 0 Å². The standard InChI is InChI=1S/C29H34ClFN6O2/c1-17(33)3-2-4-18-11-23(27(31)24(30)12-18)25-13-20-14-37(29(38)36-28(20)35-25)22-7-5-19(6-8-22)26-16-39-15-21(34-26)9-10-32/h5-8,11-14,17,21,26,34H,2-4,9-10,15-16,32-33H2,1H3,(H,35,36,38)/t17-,21-,26-/m0/s1. The van der Waals surface area contributed by atoms with Crippen molar-refractivity contribution >= 4 is 22.6 Å². The molecule has 39 heavy (non-hydrogen) atoms. The van der Waals surface area contributed by atoms with Crippen LogP contribution >= 0.6 is 11.6 Å².